The van der Waals surface area contributed by atoms with Crippen molar-refractivity contribution in [2.75, 3.05) is 13.2 Å². The highest BCUT2D eigenvalue weighted by atomic mass is 16.6. The van der Waals surface area contributed by atoms with E-state index in [0.29, 0.717) is 19.3 Å². The number of hydrogen-bond donors (Lipinski definition) is 0. The molecule has 0 saturated carbocycles. The second-order valence-electron chi connectivity index (χ2n) is 22.7. The maximum atomic E-state index is 12.9. The number of carbonyl (C=O) groups is 3. The lowest BCUT2D eigenvalue weighted by Gasteiger charge is -2.18. The Kier molecular flexibility index (Phi) is 61.6. The van der Waals surface area contributed by atoms with E-state index in [-0.39, 0.29) is 31.1 Å². The molecule has 436 valence electrons. The van der Waals surface area contributed by atoms with Gasteiger partial charge in [-0.25, -0.2) is 0 Å². The van der Waals surface area contributed by atoms with Crippen LogP contribution < -0.4 is 0 Å². The van der Waals surface area contributed by atoms with Crippen LogP contribution in [0.5, 0.6) is 0 Å². The van der Waals surface area contributed by atoms with E-state index < -0.39 is 6.10 Å². The van der Waals surface area contributed by atoms with Gasteiger partial charge in [-0.1, -0.05) is 308 Å². The van der Waals surface area contributed by atoms with E-state index >= 15 is 0 Å². The topological polar surface area (TPSA) is 78.9 Å². The summed E-state index contributed by atoms with van der Waals surface area (Å²) in [6.45, 7) is 6.70. The summed E-state index contributed by atoms with van der Waals surface area (Å²) in [5.74, 6) is -0.844. The molecule has 0 heterocycles. The van der Waals surface area contributed by atoms with Crippen molar-refractivity contribution >= 4 is 17.9 Å². The molecule has 0 N–H and O–H groups in total. The van der Waals surface area contributed by atoms with Crippen molar-refractivity contribution in [3.63, 3.8) is 0 Å². The summed E-state index contributed by atoms with van der Waals surface area (Å²) in [5, 5.41) is 0. The highest BCUT2D eigenvalue weighted by Crippen LogP contribution is 2.18. The normalized spacial score (nSPS) is 12.1. The van der Waals surface area contributed by atoms with Crippen LogP contribution in [0.1, 0.15) is 374 Å². The molecule has 0 aromatic carbocycles. The molecule has 0 bridgehead atoms. The van der Waals surface area contributed by atoms with Gasteiger partial charge in [-0.3, -0.25) is 14.4 Å². The highest BCUT2D eigenvalue weighted by molar-refractivity contribution is 5.71. The van der Waals surface area contributed by atoms with Crippen LogP contribution in [-0.2, 0) is 28.6 Å². The van der Waals surface area contributed by atoms with Gasteiger partial charge in [-0.2, -0.15) is 0 Å². The van der Waals surface area contributed by atoms with Crippen molar-refractivity contribution in [2.24, 2.45) is 0 Å². The summed E-state index contributed by atoms with van der Waals surface area (Å²) in [6.07, 6.45) is 76.1. The Hall–Kier alpha value is -2.11. The van der Waals surface area contributed by atoms with Crippen LogP contribution in [-0.4, -0.2) is 37.2 Å². The Morgan fingerprint density at radius 1 is 0.257 bits per heavy atom. The largest absolute Gasteiger partial charge is 0.462 e. The standard InChI is InChI=1S/C68H128O6/c1-4-7-10-13-16-19-22-25-28-31-32-33-34-35-36-38-40-43-46-49-52-55-58-61-67(70)73-64-65(63-72-66(69)60-57-54-51-48-45-42-39-30-27-24-21-18-15-12-9-6-3)74-68(71)62-59-56-53-50-47-44-41-37-29-26-23-20-17-14-11-8-5-2/h26,29,31-32,65H,4-25,27-28,30,33-64H2,1-3H3/b29-26-,32-31-. The van der Waals surface area contributed by atoms with Gasteiger partial charge in [0.25, 0.3) is 0 Å². The van der Waals surface area contributed by atoms with Crippen molar-refractivity contribution in [1.29, 1.82) is 0 Å². The molecule has 0 aliphatic heterocycles. The Bertz CT molecular complexity index is 1190. The second-order valence-corrected chi connectivity index (χ2v) is 22.7. The molecule has 0 aromatic rings. The molecule has 0 spiro atoms. The van der Waals surface area contributed by atoms with E-state index in [0.717, 1.165) is 57.8 Å². The maximum Gasteiger partial charge on any atom is 0.306 e. The average molecular weight is 1040 g/mol. The molecule has 74 heavy (non-hydrogen) atoms. The third-order valence-electron chi connectivity index (χ3n) is 15.2. The first-order valence-electron chi connectivity index (χ1n) is 33.3. The average Bonchev–Trinajstić information content (AvgIpc) is 3.40. The molecule has 0 radical (unpaired) electrons. The van der Waals surface area contributed by atoms with Crippen molar-refractivity contribution in [2.45, 2.75) is 380 Å². The smallest absolute Gasteiger partial charge is 0.306 e. The molecule has 6 heteroatoms. The van der Waals surface area contributed by atoms with Gasteiger partial charge in [-0.15, -0.1) is 0 Å². The third kappa shape index (κ3) is 60.8. The van der Waals surface area contributed by atoms with Crippen LogP contribution >= 0.6 is 0 Å². The van der Waals surface area contributed by atoms with Crippen molar-refractivity contribution in [3.8, 4) is 0 Å². The molecule has 1 atom stereocenters. The van der Waals surface area contributed by atoms with Crippen LogP contribution in [0, 0.1) is 0 Å². The predicted molar refractivity (Wildman–Crippen MR) is 321 cm³/mol. The molecular formula is C68H128O6. The minimum Gasteiger partial charge on any atom is -0.462 e. The SMILES string of the molecule is CCCCCCCC/C=C\CCCCCCCCCC(=O)OC(COC(=O)CCCCCCCCCCCCC/C=C\CCCCCCCCCC)COC(=O)CCCCCCCCCCCCCCCCCC. The number of carbonyl (C=O) groups excluding carboxylic acids is 3. The van der Waals surface area contributed by atoms with E-state index in [4.69, 9.17) is 14.2 Å². The predicted octanol–water partition coefficient (Wildman–Crippen LogP) is 22.6. The van der Waals surface area contributed by atoms with E-state index in [1.54, 1.807) is 0 Å². The van der Waals surface area contributed by atoms with Crippen molar-refractivity contribution in [1.82, 2.24) is 0 Å². The lowest BCUT2D eigenvalue weighted by molar-refractivity contribution is -0.167. The molecule has 1 unspecified atom stereocenters. The Morgan fingerprint density at radius 2 is 0.446 bits per heavy atom. The minimum absolute atomic E-state index is 0.0677. The number of hydrogen-bond acceptors (Lipinski definition) is 6. The van der Waals surface area contributed by atoms with Crippen molar-refractivity contribution in [3.05, 3.63) is 24.3 Å². The zero-order valence-corrected chi connectivity index (χ0v) is 50.1. The Labute approximate surface area is 462 Å². The number of rotatable bonds is 62. The monoisotopic (exact) mass is 1040 g/mol. The highest BCUT2D eigenvalue weighted by Gasteiger charge is 2.19. The van der Waals surface area contributed by atoms with Gasteiger partial charge in [0.15, 0.2) is 6.10 Å². The molecular weight excluding hydrogens is 913 g/mol. The van der Waals surface area contributed by atoms with Gasteiger partial charge in [0.1, 0.15) is 13.2 Å². The summed E-state index contributed by atoms with van der Waals surface area (Å²) in [7, 11) is 0. The van der Waals surface area contributed by atoms with E-state index in [2.05, 4.69) is 45.1 Å². The Morgan fingerprint density at radius 3 is 0.676 bits per heavy atom. The summed E-state index contributed by atoms with van der Waals surface area (Å²) >= 11 is 0. The fourth-order valence-corrected chi connectivity index (χ4v) is 10.1. The van der Waals surface area contributed by atoms with E-state index in [9.17, 15) is 14.4 Å². The van der Waals surface area contributed by atoms with Gasteiger partial charge in [0, 0.05) is 19.3 Å². The summed E-state index contributed by atoms with van der Waals surface area (Å²) in [5.41, 5.74) is 0. The second kappa shape index (κ2) is 63.4. The van der Waals surface area contributed by atoms with Crippen LogP contribution in [0.3, 0.4) is 0 Å². The molecule has 0 saturated heterocycles. The number of unbranched alkanes of at least 4 members (excludes halogenated alkanes) is 47. The van der Waals surface area contributed by atoms with Gasteiger partial charge < -0.3 is 14.2 Å². The van der Waals surface area contributed by atoms with Gasteiger partial charge >= 0.3 is 17.9 Å². The zero-order valence-electron chi connectivity index (χ0n) is 50.1. The molecule has 0 aliphatic carbocycles. The number of esters is 3. The van der Waals surface area contributed by atoms with E-state index in [1.165, 1.54) is 276 Å². The maximum absolute atomic E-state index is 12.9. The Balaban J connectivity index is 4.28. The van der Waals surface area contributed by atoms with Crippen LogP contribution in [0.2, 0.25) is 0 Å². The lowest BCUT2D eigenvalue weighted by atomic mass is 10.0. The fourth-order valence-electron chi connectivity index (χ4n) is 10.1. The molecule has 0 aromatic heterocycles. The first kappa shape index (κ1) is 71.9. The summed E-state index contributed by atoms with van der Waals surface area (Å²) < 4.78 is 17.0. The third-order valence-corrected chi connectivity index (χ3v) is 15.2. The van der Waals surface area contributed by atoms with Gasteiger partial charge in [0.2, 0.25) is 0 Å². The van der Waals surface area contributed by atoms with Gasteiger partial charge in [0.05, 0.1) is 0 Å². The lowest BCUT2D eigenvalue weighted by Crippen LogP contribution is -2.30. The molecule has 6 nitrogen and oxygen atoms in total. The number of ether oxygens (including phenoxy) is 3. The summed E-state index contributed by atoms with van der Waals surface area (Å²) in [6, 6.07) is 0. The van der Waals surface area contributed by atoms with Crippen LogP contribution in [0.4, 0.5) is 0 Å². The minimum atomic E-state index is -0.771. The number of allylic oxidation sites excluding steroid dienone is 4. The quantitative estimate of drug-likeness (QED) is 0.0261. The van der Waals surface area contributed by atoms with Crippen LogP contribution in [0.15, 0.2) is 24.3 Å². The fraction of sp³-hybridized carbons (Fsp3) is 0.897. The van der Waals surface area contributed by atoms with Crippen molar-refractivity contribution < 1.29 is 28.6 Å². The first-order chi connectivity index (χ1) is 36.5. The zero-order chi connectivity index (χ0) is 53.6. The first-order valence-corrected chi connectivity index (χ1v) is 33.3. The molecule has 0 rings (SSSR count). The summed E-state index contributed by atoms with van der Waals surface area (Å²) in [4.78, 5) is 38.4. The molecule has 0 amide bonds. The van der Waals surface area contributed by atoms with Gasteiger partial charge in [-0.05, 0) is 70.6 Å². The molecule has 0 fully saturated rings. The molecule has 0 aliphatic rings. The van der Waals surface area contributed by atoms with Crippen LogP contribution in [0.25, 0.3) is 0 Å². The van der Waals surface area contributed by atoms with E-state index in [1.807, 2.05) is 0 Å².